The van der Waals surface area contributed by atoms with Crippen LogP contribution in [0.15, 0.2) is 18.2 Å². The Labute approximate surface area is 109 Å². The van der Waals surface area contributed by atoms with Crippen LogP contribution in [-0.2, 0) is 9.84 Å². The molecule has 0 spiro atoms. The van der Waals surface area contributed by atoms with Crippen molar-refractivity contribution >= 4 is 15.7 Å². The molecule has 7 heteroatoms. The summed E-state index contributed by atoms with van der Waals surface area (Å²) >= 11 is 0. The van der Waals surface area contributed by atoms with Crippen LogP contribution in [0.2, 0.25) is 0 Å². The first-order valence-electron chi connectivity index (χ1n) is 5.84. The van der Waals surface area contributed by atoms with Gasteiger partial charge in [-0.15, -0.1) is 0 Å². The molecule has 104 valence electrons. The topological polar surface area (TPSA) is 63.2 Å². The van der Waals surface area contributed by atoms with Crippen molar-refractivity contribution in [1.29, 1.82) is 0 Å². The van der Waals surface area contributed by atoms with E-state index in [1.165, 1.54) is 6.07 Å². The zero-order valence-electron chi connectivity index (χ0n) is 10.0. The third kappa shape index (κ3) is 3.28. The van der Waals surface area contributed by atoms with Gasteiger partial charge in [0.1, 0.15) is 0 Å². The number of benzene rings is 1. The lowest BCUT2D eigenvalue weighted by molar-refractivity contribution is 0.0933. The molecule has 0 bridgehead atoms. The number of sulfone groups is 1. The monoisotopic (exact) mass is 289 g/mol. The van der Waals surface area contributed by atoms with Gasteiger partial charge in [-0.3, -0.25) is 4.79 Å². The van der Waals surface area contributed by atoms with Gasteiger partial charge in [0.25, 0.3) is 5.91 Å². The molecule has 1 atom stereocenters. The maximum absolute atomic E-state index is 13.4. The molecule has 1 heterocycles. The van der Waals surface area contributed by atoms with Crippen molar-refractivity contribution in [2.24, 2.45) is 0 Å². The predicted molar refractivity (Wildman–Crippen MR) is 65.5 cm³/mol. The minimum absolute atomic E-state index is 0.105. The molecule has 1 aromatic rings. The quantitative estimate of drug-likeness (QED) is 0.892. The van der Waals surface area contributed by atoms with Gasteiger partial charge in [0, 0.05) is 6.04 Å². The summed E-state index contributed by atoms with van der Waals surface area (Å²) in [6, 6.07) is 2.75. The second-order valence-corrected chi connectivity index (χ2v) is 6.76. The van der Waals surface area contributed by atoms with Crippen molar-refractivity contribution in [1.82, 2.24) is 5.32 Å². The number of rotatable bonds is 2. The first kappa shape index (κ1) is 13.9. The van der Waals surface area contributed by atoms with Gasteiger partial charge in [-0.05, 0) is 25.0 Å². The molecule has 1 aromatic carbocycles. The third-order valence-electron chi connectivity index (χ3n) is 2.99. The van der Waals surface area contributed by atoms with Crippen molar-refractivity contribution in [3.05, 3.63) is 35.4 Å². The highest BCUT2D eigenvalue weighted by molar-refractivity contribution is 7.91. The van der Waals surface area contributed by atoms with Gasteiger partial charge in [0.15, 0.2) is 21.5 Å². The summed E-state index contributed by atoms with van der Waals surface area (Å²) in [6.45, 7) is 0. The van der Waals surface area contributed by atoms with Gasteiger partial charge in [-0.2, -0.15) is 0 Å². The fourth-order valence-corrected chi connectivity index (χ4v) is 3.72. The van der Waals surface area contributed by atoms with Crippen LogP contribution in [0, 0.1) is 11.6 Å². The lowest BCUT2D eigenvalue weighted by atomic mass is 10.1. The van der Waals surface area contributed by atoms with Gasteiger partial charge >= 0.3 is 0 Å². The zero-order chi connectivity index (χ0) is 14.0. The zero-order valence-corrected chi connectivity index (χ0v) is 10.8. The van der Waals surface area contributed by atoms with Gasteiger partial charge in [0.2, 0.25) is 0 Å². The first-order chi connectivity index (χ1) is 8.89. The minimum Gasteiger partial charge on any atom is -0.348 e. The molecule has 0 radical (unpaired) electrons. The second kappa shape index (κ2) is 5.24. The minimum atomic E-state index is -3.16. The smallest absolute Gasteiger partial charge is 0.254 e. The highest BCUT2D eigenvalue weighted by atomic mass is 32.2. The average Bonchev–Trinajstić information content (AvgIpc) is 2.31. The van der Waals surface area contributed by atoms with Crippen LogP contribution in [-0.4, -0.2) is 31.9 Å². The first-order valence-corrected chi connectivity index (χ1v) is 7.66. The van der Waals surface area contributed by atoms with E-state index in [0.717, 1.165) is 12.1 Å². The van der Waals surface area contributed by atoms with Gasteiger partial charge in [0.05, 0.1) is 17.1 Å². The molecule has 19 heavy (non-hydrogen) atoms. The summed E-state index contributed by atoms with van der Waals surface area (Å²) in [6.07, 6.45) is 0.973. The van der Waals surface area contributed by atoms with E-state index < -0.39 is 39.0 Å². The van der Waals surface area contributed by atoms with Crippen LogP contribution in [0.5, 0.6) is 0 Å². The molecule has 1 N–H and O–H groups in total. The largest absolute Gasteiger partial charge is 0.348 e. The summed E-state index contributed by atoms with van der Waals surface area (Å²) in [5, 5.41) is 2.43. The molecule has 0 saturated carbocycles. The molecule has 4 nitrogen and oxygen atoms in total. The highest BCUT2D eigenvalue weighted by Crippen LogP contribution is 2.15. The average molecular weight is 289 g/mol. The Kier molecular flexibility index (Phi) is 3.84. The van der Waals surface area contributed by atoms with E-state index >= 15 is 0 Å². The Morgan fingerprint density at radius 3 is 2.74 bits per heavy atom. The fraction of sp³-hybridized carbons (Fsp3) is 0.417. The lowest BCUT2D eigenvalue weighted by Crippen LogP contribution is -2.43. The standard InChI is InChI=1S/C12H13F2NO3S/c13-10-5-1-4-9(11(10)14)12(16)15-8-3-2-6-19(17,18)7-8/h1,4-5,8H,2-3,6-7H2,(H,15,16). The normalized spacial score (nSPS) is 21.9. The van der Waals surface area contributed by atoms with Crippen LogP contribution in [0.4, 0.5) is 8.78 Å². The number of halogens is 2. The predicted octanol–water partition coefficient (Wildman–Crippen LogP) is 1.27. The summed E-state index contributed by atoms with van der Waals surface area (Å²) in [5.74, 6) is -3.18. The molecular weight excluding hydrogens is 276 g/mol. The molecular formula is C12H13F2NO3S. The van der Waals surface area contributed by atoms with Crippen LogP contribution in [0.3, 0.4) is 0 Å². The SMILES string of the molecule is O=C(NC1CCCS(=O)(=O)C1)c1cccc(F)c1F. The molecule has 1 saturated heterocycles. The molecule has 1 amide bonds. The van der Waals surface area contributed by atoms with E-state index in [9.17, 15) is 22.0 Å². The van der Waals surface area contributed by atoms with Crippen LogP contribution in [0.1, 0.15) is 23.2 Å². The van der Waals surface area contributed by atoms with Crippen molar-refractivity contribution in [2.75, 3.05) is 11.5 Å². The summed E-state index contributed by atoms with van der Waals surface area (Å²) in [4.78, 5) is 11.8. The summed E-state index contributed by atoms with van der Waals surface area (Å²) in [7, 11) is -3.16. The van der Waals surface area contributed by atoms with E-state index in [1.807, 2.05) is 0 Å². The lowest BCUT2D eigenvalue weighted by Gasteiger charge is -2.23. The second-order valence-electron chi connectivity index (χ2n) is 4.53. The molecule has 1 fully saturated rings. The molecule has 1 aliphatic rings. The Morgan fingerprint density at radius 2 is 2.05 bits per heavy atom. The maximum Gasteiger partial charge on any atom is 0.254 e. The molecule has 0 aromatic heterocycles. The number of carbonyl (C=O) groups excluding carboxylic acids is 1. The van der Waals surface area contributed by atoms with E-state index in [2.05, 4.69) is 5.32 Å². The highest BCUT2D eigenvalue weighted by Gasteiger charge is 2.27. The van der Waals surface area contributed by atoms with Crippen LogP contribution < -0.4 is 5.32 Å². The Morgan fingerprint density at radius 1 is 1.32 bits per heavy atom. The van der Waals surface area contributed by atoms with Crippen molar-refractivity contribution < 1.29 is 22.0 Å². The number of carbonyl (C=O) groups is 1. The van der Waals surface area contributed by atoms with Gasteiger partial charge in [-0.1, -0.05) is 6.07 Å². The van der Waals surface area contributed by atoms with Gasteiger partial charge in [-0.25, -0.2) is 17.2 Å². The fourth-order valence-electron chi connectivity index (χ4n) is 2.08. The van der Waals surface area contributed by atoms with Crippen molar-refractivity contribution in [3.8, 4) is 0 Å². The third-order valence-corrected chi connectivity index (χ3v) is 4.82. The number of nitrogens with one attached hydrogen (secondary N) is 1. The summed E-state index contributed by atoms with van der Waals surface area (Å²) in [5.41, 5.74) is -0.414. The molecule has 0 aliphatic carbocycles. The Bertz CT molecular complexity index is 601. The number of hydrogen-bond donors (Lipinski definition) is 1. The maximum atomic E-state index is 13.4. The van der Waals surface area contributed by atoms with E-state index in [0.29, 0.717) is 12.8 Å². The van der Waals surface area contributed by atoms with Crippen LogP contribution in [0.25, 0.3) is 0 Å². The number of hydrogen-bond acceptors (Lipinski definition) is 3. The Hall–Kier alpha value is -1.50. The van der Waals surface area contributed by atoms with E-state index in [4.69, 9.17) is 0 Å². The van der Waals surface area contributed by atoms with Crippen LogP contribution >= 0.6 is 0 Å². The molecule has 1 aliphatic heterocycles. The molecule has 1 unspecified atom stereocenters. The van der Waals surface area contributed by atoms with Crippen molar-refractivity contribution in [3.63, 3.8) is 0 Å². The van der Waals surface area contributed by atoms with Crippen molar-refractivity contribution in [2.45, 2.75) is 18.9 Å². The molecule has 2 rings (SSSR count). The van der Waals surface area contributed by atoms with E-state index in [-0.39, 0.29) is 11.5 Å². The van der Waals surface area contributed by atoms with Gasteiger partial charge < -0.3 is 5.32 Å². The van der Waals surface area contributed by atoms with E-state index in [1.54, 1.807) is 0 Å². The number of amides is 1. The Balaban J connectivity index is 2.11. The summed E-state index contributed by atoms with van der Waals surface area (Å²) < 4.78 is 49.2.